The lowest BCUT2D eigenvalue weighted by Crippen LogP contribution is -2.10. The second kappa shape index (κ2) is 6.99. The van der Waals surface area contributed by atoms with Gasteiger partial charge in [0.25, 0.3) is 0 Å². The van der Waals surface area contributed by atoms with Crippen LogP contribution in [0, 0.1) is 18.3 Å². The third-order valence-electron chi connectivity index (χ3n) is 2.92. The number of nitrogens with zero attached hydrogens (tertiary/aromatic N) is 4. The van der Waals surface area contributed by atoms with Gasteiger partial charge in [0.2, 0.25) is 11.7 Å². The second-order valence-corrected chi connectivity index (χ2v) is 4.48. The van der Waals surface area contributed by atoms with Crippen molar-refractivity contribution in [3.8, 4) is 6.07 Å². The number of allylic oxidation sites excluding steroid dienone is 1. The molecule has 1 amide bonds. The van der Waals surface area contributed by atoms with Gasteiger partial charge in [0.1, 0.15) is 11.6 Å². The molecule has 2 rings (SSSR count). The summed E-state index contributed by atoms with van der Waals surface area (Å²) in [5.74, 6) is 0.155. The van der Waals surface area contributed by atoms with Crippen LogP contribution in [0.2, 0.25) is 0 Å². The molecule has 0 aliphatic heterocycles. The molecule has 0 saturated carbocycles. The minimum absolute atomic E-state index is 0.0553. The summed E-state index contributed by atoms with van der Waals surface area (Å²) in [7, 11) is 0. The number of hydrogen-bond acceptors (Lipinski definition) is 6. The van der Waals surface area contributed by atoms with Crippen LogP contribution in [0.5, 0.6) is 0 Å². The molecule has 0 spiro atoms. The number of carbonyl (C=O) groups excluding carboxylic acids is 1. The lowest BCUT2D eigenvalue weighted by atomic mass is 10.1. The molecule has 3 N–H and O–H groups in total. The lowest BCUT2D eigenvalue weighted by molar-refractivity contribution is -0.115. The van der Waals surface area contributed by atoms with Crippen molar-refractivity contribution in [3.05, 3.63) is 35.8 Å². The molecule has 2 aromatic rings. The maximum atomic E-state index is 11.5. The van der Waals surface area contributed by atoms with Gasteiger partial charge in [0, 0.05) is 24.0 Å². The summed E-state index contributed by atoms with van der Waals surface area (Å²) in [5, 5.41) is 28.1. The summed E-state index contributed by atoms with van der Waals surface area (Å²) in [6.07, 6.45) is 1.90. The van der Waals surface area contributed by atoms with E-state index in [1.54, 1.807) is 13.0 Å². The lowest BCUT2D eigenvalue weighted by Gasteiger charge is -2.10. The largest absolute Gasteiger partial charge is 0.360 e. The zero-order valence-corrected chi connectivity index (χ0v) is 12.2. The van der Waals surface area contributed by atoms with E-state index >= 15 is 0 Å². The van der Waals surface area contributed by atoms with E-state index in [1.165, 1.54) is 6.20 Å². The Bertz CT molecular complexity index is 728. The van der Waals surface area contributed by atoms with Crippen molar-refractivity contribution in [3.63, 3.8) is 0 Å². The summed E-state index contributed by atoms with van der Waals surface area (Å²) in [6, 6.07) is 7.50. The molecule has 0 aliphatic carbocycles. The van der Waals surface area contributed by atoms with E-state index in [0.717, 1.165) is 16.9 Å². The van der Waals surface area contributed by atoms with Gasteiger partial charge in [0.05, 0.1) is 0 Å². The van der Waals surface area contributed by atoms with Gasteiger partial charge in [-0.2, -0.15) is 10.5 Å². The average molecular weight is 297 g/mol. The molecular weight excluding hydrogens is 282 g/mol. The average Bonchev–Trinajstić information content (AvgIpc) is 3.05. The molecule has 1 heterocycles. The Balaban J connectivity index is 2.18. The van der Waals surface area contributed by atoms with Crippen molar-refractivity contribution in [2.45, 2.75) is 20.3 Å². The number of aromatic nitrogens is 4. The van der Waals surface area contributed by atoms with Crippen LogP contribution >= 0.6 is 0 Å². The summed E-state index contributed by atoms with van der Waals surface area (Å²) in [5.41, 5.74) is 2.65. The highest BCUT2D eigenvalue weighted by Crippen LogP contribution is 2.21. The standard InChI is InChI=1S/C14H15N7O/c1-3-13(22)17-12-6-11(5-4-9(12)2)16-8-10(7-15)14-18-20-21-19-14/h4-6,8,16H,3H2,1-2H3,(H,17,22)(H,18,19,20,21). The molecule has 0 bridgehead atoms. The fourth-order valence-electron chi connectivity index (χ4n) is 1.66. The number of carbonyl (C=O) groups is 1. The summed E-state index contributed by atoms with van der Waals surface area (Å²) >= 11 is 0. The molecule has 0 saturated heterocycles. The van der Waals surface area contributed by atoms with Crippen LogP contribution in [0.15, 0.2) is 24.4 Å². The predicted octanol–water partition coefficient (Wildman–Crippen LogP) is 1.83. The van der Waals surface area contributed by atoms with E-state index in [9.17, 15) is 4.79 Å². The molecule has 0 unspecified atom stereocenters. The number of amides is 1. The molecule has 0 fully saturated rings. The van der Waals surface area contributed by atoms with Crippen LogP contribution in [0.3, 0.4) is 0 Å². The number of nitriles is 1. The number of aryl methyl sites for hydroxylation is 1. The van der Waals surface area contributed by atoms with E-state index < -0.39 is 0 Å². The Labute approximate surface area is 127 Å². The maximum Gasteiger partial charge on any atom is 0.224 e. The highest BCUT2D eigenvalue weighted by atomic mass is 16.1. The van der Waals surface area contributed by atoms with E-state index in [-0.39, 0.29) is 17.3 Å². The Morgan fingerprint density at radius 2 is 2.32 bits per heavy atom. The third kappa shape index (κ3) is 3.67. The molecule has 1 aromatic carbocycles. The first-order valence-electron chi connectivity index (χ1n) is 6.65. The van der Waals surface area contributed by atoms with Gasteiger partial charge in [0.15, 0.2) is 0 Å². The number of rotatable bonds is 5. The zero-order valence-electron chi connectivity index (χ0n) is 12.2. The second-order valence-electron chi connectivity index (χ2n) is 4.48. The molecule has 22 heavy (non-hydrogen) atoms. The highest BCUT2D eigenvalue weighted by Gasteiger charge is 2.06. The van der Waals surface area contributed by atoms with Crippen LogP contribution < -0.4 is 10.6 Å². The predicted molar refractivity (Wildman–Crippen MR) is 81.5 cm³/mol. The number of aromatic amines is 1. The quantitative estimate of drug-likeness (QED) is 0.724. The molecule has 0 radical (unpaired) electrons. The van der Waals surface area contributed by atoms with Crippen molar-refractivity contribution >= 4 is 22.9 Å². The minimum Gasteiger partial charge on any atom is -0.360 e. The van der Waals surface area contributed by atoms with Crippen LogP contribution in [-0.4, -0.2) is 26.5 Å². The Morgan fingerprint density at radius 1 is 1.50 bits per heavy atom. The zero-order chi connectivity index (χ0) is 15.9. The molecular formula is C14H15N7O. The topological polar surface area (TPSA) is 119 Å². The van der Waals surface area contributed by atoms with Crippen LogP contribution in [0.25, 0.3) is 5.57 Å². The third-order valence-corrected chi connectivity index (χ3v) is 2.92. The molecule has 8 heteroatoms. The maximum absolute atomic E-state index is 11.5. The van der Waals surface area contributed by atoms with E-state index in [2.05, 4.69) is 31.3 Å². The van der Waals surface area contributed by atoms with Crippen LogP contribution in [0.1, 0.15) is 24.7 Å². The first kappa shape index (κ1) is 15.2. The minimum atomic E-state index is -0.0553. The highest BCUT2D eigenvalue weighted by molar-refractivity contribution is 5.92. The van der Waals surface area contributed by atoms with E-state index in [0.29, 0.717) is 6.42 Å². The number of tetrazole rings is 1. The van der Waals surface area contributed by atoms with E-state index in [4.69, 9.17) is 5.26 Å². The summed E-state index contributed by atoms with van der Waals surface area (Å²) in [6.45, 7) is 3.70. The molecule has 0 aliphatic rings. The number of benzene rings is 1. The Hall–Kier alpha value is -3.21. The number of H-pyrrole nitrogens is 1. The van der Waals surface area contributed by atoms with Crippen molar-refractivity contribution in [2.75, 3.05) is 10.6 Å². The fourth-order valence-corrected chi connectivity index (χ4v) is 1.66. The van der Waals surface area contributed by atoms with Gasteiger partial charge >= 0.3 is 0 Å². The number of nitrogens with one attached hydrogen (secondary N) is 3. The summed E-state index contributed by atoms with van der Waals surface area (Å²) < 4.78 is 0. The van der Waals surface area contributed by atoms with Crippen molar-refractivity contribution < 1.29 is 4.79 Å². The monoisotopic (exact) mass is 297 g/mol. The molecule has 1 aromatic heterocycles. The number of hydrogen-bond donors (Lipinski definition) is 3. The van der Waals surface area contributed by atoms with E-state index in [1.807, 2.05) is 25.1 Å². The Kier molecular flexibility index (Phi) is 4.82. The normalized spacial score (nSPS) is 10.9. The van der Waals surface area contributed by atoms with Gasteiger partial charge in [-0.25, -0.2) is 0 Å². The first-order valence-corrected chi connectivity index (χ1v) is 6.65. The van der Waals surface area contributed by atoms with Crippen LogP contribution in [0.4, 0.5) is 11.4 Å². The van der Waals surface area contributed by atoms with Gasteiger partial charge in [-0.1, -0.05) is 13.0 Å². The molecule has 8 nitrogen and oxygen atoms in total. The van der Waals surface area contributed by atoms with Crippen molar-refractivity contribution in [1.82, 2.24) is 20.6 Å². The van der Waals surface area contributed by atoms with Gasteiger partial charge < -0.3 is 10.6 Å². The van der Waals surface area contributed by atoms with Crippen LogP contribution in [-0.2, 0) is 4.79 Å². The van der Waals surface area contributed by atoms with Gasteiger partial charge in [-0.15, -0.1) is 10.2 Å². The van der Waals surface area contributed by atoms with Crippen molar-refractivity contribution in [2.24, 2.45) is 0 Å². The molecule has 0 atom stereocenters. The first-order chi connectivity index (χ1) is 10.6. The summed E-state index contributed by atoms with van der Waals surface area (Å²) in [4.78, 5) is 11.5. The SMILES string of the molecule is CCC(=O)Nc1cc(NC=C(C#N)c2nn[nH]n2)ccc1C. The smallest absolute Gasteiger partial charge is 0.224 e. The van der Waals surface area contributed by atoms with Crippen molar-refractivity contribution in [1.29, 1.82) is 5.26 Å². The molecule has 112 valence electrons. The van der Waals surface area contributed by atoms with Gasteiger partial charge in [-0.3, -0.25) is 4.79 Å². The fraction of sp³-hybridized carbons (Fsp3) is 0.214. The Morgan fingerprint density at radius 3 is 2.95 bits per heavy atom. The van der Waals surface area contributed by atoms with Gasteiger partial charge in [-0.05, 0) is 29.8 Å². The number of anilines is 2.